The molecule has 8 nitrogen and oxygen atoms in total. The van der Waals surface area contributed by atoms with Crippen molar-refractivity contribution in [2.45, 2.75) is 32.6 Å². The van der Waals surface area contributed by atoms with Gasteiger partial charge in [0, 0.05) is 44.4 Å². The van der Waals surface area contributed by atoms with Crippen molar-refractivity contribution < 1.29 is 18.1 Å². The molecule has 0 unspecified atom stereocenters. The first-order valence-corrected chi connectivity index (χ1v) is 11.8. The number of amides is 1. The number of benzene rings is 2. The van der Waals surface area contributed by atoms with Gasteiger partial charge in [-0.1, -0.05) is 18.2 Å². The standard InChI is InChI=1S/C23H27N3O5S/c1-16-14-17(2)19(4)23(18(16)3)32(30,31)25-12-10-24(11-13-25)22(27)9-8-20-6-5-7-21(15-20)26(28)29/h5-9,14-15H,10-13H2,1-4H3/b9-8-. The van der Waals surface area contributed by atoms with Crippen molar-refractivity contribution in [1.29, 1.82) is 0 Å². The van der Waals surface area contributed by atoms with Crippen molar-refractivity contribution in [3.05, 3.63) is 74.3 Å². The molecular formula is C23H27N3O5S. The van der Waals surface area contributed by atoms with Crippen LogP contribution in [0.2, 0.25) is 0 Å². The van der Waals surface area contributed by atoms with E-state index in [0.717, 1.165) is 22.3 Å². The highest BCUT2D eigenvalue weighted by atomic mass is 32.2. The fourth-order valence-electron chi connectivity index (χ4n) is 3.86. The van der Waals surface area contributed by atoms with Crippen LogP contribution in [-0.4, -0.2) is 54.6 Å². The van der Waals surface area contributed by atoms with E-state index in [0.29, 0.717) is 10.5 Å². The fourth-order valence-corrected chi connectivity index (χ4v) is 5.86. The van der Waals surface area contributed by atoms with Gasteiger partial charge in [-0.3, -0.25) is 14.9 Å². The lowest BCUT2D eigenvalue weighted by molar-refractivity contribution is -0.384. The average molecular weight is 458 g/mol. The number of piperazine rings is 1. The van der Waals surface area contributed by atoms with Crippen LogP contribution in [-0.2, 0) is 14.8 Å². The number of nitro groups is 1. The lowest BCUT2D eigenvalue weighted by Gasteiger charge is -2.34. The first kappa shape index (κ1) is 23.6. The summed E-state index contributed by atoms with van der Waals surface area (Å²) in [5, 5.41) is 10.9. The van der Waals surface area contributed by atoms with Crippen LogP contribution in [0.25, 0.3) is 6.08 Å². The molecule has 1 aliphatic heterocycles. The second-order valence-electron chi connectivity index (χ2n) is 8.00. The van der Waals surface area contributed by atoms with Crippen LogP contribution in [0.15, 0.2) is 41.3 Å². The van der Waals surface area contributed by atoms with E-state index in [9.17, 15) is 23.3 Å². The molecule has 0 bridgehead atoms. The summed E-state index contributed by atoms with van der Waals surface area (Å²) in [5.74, 6) is -0.257. The van der Waals surface area contributed by atoms with E-state index in [2.05, 4.69) is 0 Å². The fraction of sp³-hybridized carbons (Fsp3) is 0.348. The molecule has 0 radical (unpaired) electrons. The maximum atomic E-state index is 13.4. The molecule has 0 saturated carbocycles. The van der Waals surface area contributed by atoms with E-state index in [-0.39, 0.29) is 37.8 Å². The minimum Gasteiger partial charge on any atom is -0.337 e. The number of carbonyl (C=O) groups is 1. The number of nitrogens with zero attached hydrogens (tertiary/aromatic N) is 3. The van der Waals surface area contributed by atoms with E-state index in [1.165, 1.54) is 28.6 Å². The van der Waals surface area contributed by atoms with Gasteiger partial charge in [0.2, 0.25) is 15.9 Å². The van der Waals surface area contributed by atoms with Gasteiger partial charge in [-0.25, -0.2) is 8.42 Å². The van der Waals surface area contributed by atoms with Crippen molar-refractivity contribution in [2.75, 3.05) is 26.2 Å². The third-order valence-corrected chi connectivity index (χ3v) is 8.12. The predicted molar refractivity (Wildman–Crippen MR) is 123 cm³/mol. The molecule has 1 heterocycles. The Labute approximate surface area is 188 Å². The van der Waals surface area contributed by atoms with Gasteiger partial charge in [0.05, 0.1) is 9.82 Å². The molecule has 0 aliphatic carbocycles. The third-order valence-electron chi connectivity index (χ3n) is 5.94. The molecule has 170 valence electrons. The minimum absolute atomic E-state index is 0.0459. The van der Waals surface area contributed by atoms with Crippen LogP contribution in [0.1, 0.15) is 27.8 Å². The number of hydrogen-bond donors (Lipinski definition) is 0. The summed E-state index contributed by atoms with van der Waals surface area (Å²) in [5.41, 5.74) is 3.89. The van der Waals surface area contributed by atoms with E-state index < -0.39 is 14.9 Å². The Morgan fingerprint density at radius 1 is 1.00 bits per heavy atom. The van der Waals surface area contributed by atoms with Crippen molar-refractivity contribution >= 4 is 27.7 Å². The van der Waals surface area contributed by atoms with Crippen LogP contribution < -0.4 is 0 Å². The monoisotopic (exact) mass is 457 g/mol. The number of aryl methyl sites for hydroxylation is 2. The SMILES string of the molecule is Cc1cc(C)c(C)c(S(=O)(=O)N2CCN(C(=O)/C=C\c3cccc([N+](=O)[O-])c3)CC2)c1C. The van der Waals surface area contributed by atoms with Gasteiger partial charge >= 0.3 is 0 Å². The number of rotatable bonds is 5. The largest absolute Gasteiger partial charge is 0.337 e. The zero-order valence-electron chi connectivity index (χ0n) is 18.7. The molecule has 0 atom stereocenters. The van der Waals surface area contributed by atoms with Gasteiger partial charge in [0.25, 0.3) is 5.69 Å². The Morgan fingerprint density at radius 3 is 2.16 bits per heavy atom. The van der Waals surface area contributed by atoms with E-state index in [4.69, 9.17) is 0 Å². The molecule has 3 rings (SSSR count). The van der Waals surface area contributed by atoms with Gasteiger partial charge < -0.3 is 4.90 Å². The average Bonchev–Trinajstić information content (AvgIpc) is 2.76. The van der Waals surface area contributed by atoms with Crippen molar-refractivity contribution in [1.82, 2.24) is 9.21 Å². The summed E-state index contributed by atoms with van der Waals surface area (Å²) in [4.78, 5) is 24.9. The Morgan fingerprint density at radius 2 is 1.59 bits per heavy atom. The molecule has 1 saturated heterocycles. The normalized spacial score (nSPS) is 15.3. The Bertz CT molecular complexity index is 1170. The number of nitro benzene ring substituents is 1. The molecule has 9 heteroatoms. The summed E-state index contributed by atoms with van der Waals surface area (Å²) >= 11 is 0. The molecular weight excluding hydrogens is 430 g/mol. The Hall–Kier alpha value is -3.04. The second kappa shape index (κ2) is 9.22. The predicted octanol–water partition coefficient (Wildman–Crippen LogP) is 3.37. The molecule has 0 N–H and O–H groups in total. The molecule has 0 spiro atoms. The lowest BCUT2D eigenvalue weighted by atomic mass is 10.0. The number of non-ortho nitro benzene ring substituents is 1. The molecule has 1 aliphatic rings. The molecule has 1 amide bonds. The first-order valence-electron chi connectivity index (χ1n) is 10.3. The molecule has 0 aromatic heterocycles. The van der Waals surface area contributed by atoms with Crippen LogP contribution in [0.5, 0.6) is 0 Å². The third kappa shape index (κ3) is 4.73. The topological polar surface area (TPSA) is 101 Å². The van der Waals surface area contributed by atoms with Crippen molar-refractivity contribution in [3.8, 4) is 0 Å². The van der Waals surface area contributed by atoms with Gasteiger partial charge in [-0.05, 0) is 61.6 Å². The summed E-state index contributed by atoms with van der Waals surface area (Å²) in [7, 11) is -3.67. The van der Waals surface area contributed by atoms with Crippen LogP contribution in [0.3, 0.4) is 0 Å². The quantitative estimate of drug-likeness (QED) is 0.389. The smallest absolute Gasteiger partial charge is 0.270 e. The van der Waals surface area contributed by atoms with Crippen molar-refractivity contribution in [3.63, 3.8) is 0 Å². The van der Waals surface area contributed by atoms with E-state index >= 15 is 0 Å². The Balaban J connectivity index is 1.70. The Kier molecular flexibility index (Phi) is 6.80. The maximum absolute atomic E-state index is 13.4. The van der Waals surface area contributed by atoms with Gasteiger partial charge in [0.1, 0.15) is 0 Å². The van der Waals surface area contributed by atoms with Crippen LogP contribution in [0.4, 0.5) is 5.69 Å². The molecule has 2 aromatic carbocycles. The summed E-state index contributed by atoms with van der Waals surface area (Å²) in [6.45, 7) is 8.45. The van der Waals surface area contributed by atoms with E-state index in [1.54, 1.807) is 17.0 Å². The number of carbonyl (C=O) groups excluding carboxylic acids is 1. The number of hydrogen-bond acceptors (Lipinski definition) is 5. The van der Waals surface area contributed by atoms with E-state index in [1.807, 2.05) is 33.8 Å². The highest BCUT2D eigenvalue weighted by Gasteiger charge is 2.32. The summed E-state index contributed by atoms with van der Waals surface area (Å²) in [6.07, 6.45) is 2.89. The maximum Gasteiger partial charge on any atom is 0.270 e. The zero-order chi connectivity index (χ0) is 23.6. The van der Waals surface area contributed by atoms with Crippen molar-refractivity contribution in [2.24, 2.45) is 0 Å². The zero-order valence-corrected chi connectivity index (χ0v) is 19.5. The molecule has 2 aromatic rings. The highest BCUT2D eigenvalue weighted by molar-refractivity contribution is 7.89. The highest BCUT2D eigenvalue weighted by Crippen LogP contribution is 2.29. The summed E-state index contributed by atoms with van der Waals surface area (Å²) in [6, 6.07) is 8.01. The minimum atomic E-state index is -3.67. The first-order chi connectivity index (χ1) is 15.0. The van der Waals surface area contributed by atoms with Gasteiger partial charge in [-0.2, -0.15) is 4.31 Å². The van der Waals surface area contributed by atoms with Crippen LogP contribution in [0, 0.1) is 37.8 Å². The molecule has 1 fully saturated rings. The summed E-state index contributed by atoms with van der Waals surface area (Å²) < 4.78 is 28.2. The van der Waals surface area contributed by atoms with Gasteiger partial charge in [-0.15, -0.1) is 0 Å². The number of sulfonamides is 1. The second-order valence-corrected chi connectivity index (χ2v) is 9.88. The van der Waals surface area contributed by atoms with Crippen LogP contribution >= 0.6 is 0 Å². The lowest BCUT2D eigenvalue weighted by Crippen LogP contribution is -2.50. The molecule has 32 heavy (non-hydrogen) atoms. The van der Waals surface area contributed by atoms with Gasteiger partial charge in [0.15, 0.2) is 0 Å².